The number of hydrogen-bond donors (Lipinski definition) is 0. The minimum absolute atomic E-state index is 0.293. The molecule has 0 spiro atoms. The number of nitrogens with zero attached hydrogens (tertiary/aromatic N) is 4. The van der Waals surface area contributed by atoms with Gasteiger partial charge in [0.15, 0.2) is 5.82 Å². The Hall–Kier alpha value is -1.13. The fourth-order valence-corrected chi connectivity index (χ4v) is 1.54. The lowest BCUT2D eigenvalue weighted by atomic mass is 10.1. The molecule has 2 aromatic rings. The van der Waals surface area contributed by atoms with Crippen molar-refractivity contribution in [1.82, 2.24) is 20.2 Å². The average molecular weight is 257 g/mol. The number of aromatic nitrogens is 4. The van der Waals surface area contributed by atoms with Crippen LogP contribution in [-0.4, -0.2) is 20.2 Å². The van der Waals surface area contributed by atoms with Gasteiger partial charge < -0.3 is 0 Å². The monoisotopic (exact) mass is 256 g/mol. The minimum Gasteiger partial charge on any atom is -0.164 e. The van der Waals surface area contributed by atoms with Gasteiger partial charge in [0.25, 0.3) is 0 Å². The Morgan fingerprint density at radius 1 is 1.19 bits per heavy atom. The van der Waals surface area contributed by atoms with Crippen molar-refractivity contribution in [2.45, 2.75) is 18.8 Å². The largest absolute Gasteiger partial charge is 0.189 e. The molecule has 6 heteroatoms. The molecule has 0 aliphatic carbocycles. The van der Waals surface area contributed by atoms with Crippen molar-refractivity contribution in [1.29, 1.82) is 0 Å². The first-order valence-electron chi connectivity index (χ1n) is 4.85. The van der Waals surface area contributed by atoms with Gasteiger partial charge in [-0.25, -0.2) is 0 Å². The molecule has 0 fully saturated rings. The van der Waals surface area contributed by atoms with Gasteiger partial charge in [0.1, 0.15) is 0 Å². The second kappa shape index (κ2) is 5.27. The van der Waals surface area contributed by atoms with E-state index in [9.17, 15) is 0 Å². The van der Waals surface area contributed by atoms with Crippen LogP contribution in [-0.2, 0) is 18.8 Å². The van der Waals surface area contributed by atoms with Crippen LogP contribution in [0.25, 0.3) is 0 Å². The van der Waals surface area contributed by atoms with E-state index < -0.39 is 0 Å². The van der Waals surface area contributed by atoms with E-state index in [1.807, 2.05) is 24.3 Å². The molecule has 4 nitrogen and oxygen atoms in total. The van der Waals surface area contributed by atoms with E-state index in [4.69, 9.17) is 23.2 Å². The van der Waals surface area contributed by atoms with Gasteiger partial charge in [-0.3, -0.25) is 0 Å². The van der Waals surface area contributed by atoms with E-state index in [1.165, 1.54) is 5.56 Å². The van der Waals surface area contributed by atoms with Crippen LogP contribution in [0, 0.1) is 0 Å². The minimum atomic E-state index is 0.293. The predicted octanol–water partition coefficient (Wildman–Crippen LogP) is 2.31. The molecular formula is C10H10Cl2N4. The van der Waals surface area contributed by atoms with Crippen LogP contribution < -0.4 is 0 Å². The van der Waals surface area contributed by atoms with Crippen LogP contribution in [0.2, 0.25) is 5.02 Å². The lowest BCUT2D eigenvalue weighted by Crippen LogP contribution is -2.05. The number of rotatable bonds is 4. The fraction of sp³-hybridized carbons (Fsp3) is 0.300. The number of alkyl halides is 1. The summed E-state index contributed by atoms with van der Waals surface area (Å²) in [6, 6.07) is 7.72. The highest BCUT2D eigenvalue weighted by Gasteiger charge is 2.01. The Morgan fingerprint density at radius 3 is 2.56 bits per heavy atom. The highest BCUT2D eigenvalue weighted by atomic mass is 35.5. The first kappa shape index (κ1) is 11.4. The second-order valence-corrected chi connectivity index (χ2v) is 4.02. The van der Waals surface area contributed by atoms with Gasteiger partial charge in [0, 0.05) is 5.02 Å². The Labute approximate surface area is 103 Å². The zero-order valence-corrected chi connectivity index (χ0v) is 9.99. The van der Waals surface area contributed by atoms with Gasteiger partial charge in [0.2, 0.25) is 0 Å². The van der Waals surface area contributed by atoms with Crippen LogP contribution in [0.5, 0.6) is 0 Å². The first-order valence-corrected chi connectivity index (χ1v) is 5.76. The van der Waals surface area contributed by atoms with Crippen molar-refractivity contribution < 1.29 is 0 Å². The van der Waals surface area contributed by atoms with E-state index in [0.717, 1.165) is 11.4 Å². The van der Waals surface area contributed by atoms with Crippen LogP contribution in [0.3, 0.4) is 0 Å². The Morgan fingerprint density at radius 2 is 1.94 bits per heavy atom. The number of benzene rings is 1. The third-order valence-electron chi connectivity index (χ3n) is 2.13. The molecule has 0 atom stereocenters. The van der Waals surface area contributed by atoms with Crippen molar-refractivity contribution in [3.63, 3.8) is 0 Å². The summed E-state index contributed by atoms with van der Waals surface area (Å²) >= 11 is 11.4. The van der Waals surface area contributed by atoms with Gasteiger partial charge in [-0.1, -0.05) is 23.7 Å². The molecule has 1 heterocycles. The van der Waals surface area contributed by atoms with Crippen molar-refractivity contribution >= 4 is 23.2 Å². The predicted molar refractivity (Wildman–Crippen MR) is 62.5 cm³/mol. The zero-order chi connectivity index (χ0) is 11.4. The molecular weight excluding hydrogens is 247 g/mol. The van der Waals surface area contributed by atoms with Crippen molar-refractivity contribution in [2.75, 3.05) is 0 Å². The first-order chi connectivity index (χ1) is 7.78. The molecule has 1 aromatic carbocycles. The normalized spacial score (nSPS) is 10.6. The standard InChI is InChI=1S/C10H10Cl2N4/c11-7-10-13-15-16(14-10)6-5-8-1-3-9(12)4-2-8/h1-4H,5-7H2. The molecule has 2 rings (SSSR count). The topological polar surface area (TPSA) is 43.6 Å². The maximum atomic E-state index is 5.80. The molecule has 0 unspecified atom stereocenters. The highest BCUT2D eigenvalue weighted by Crippen LogP contribution is 2.10. The molecule has 84 valence electrons. The number of halogens is 2. The third-order valence-corrected chi connectivity index (χ3v) is 2.62. The summed E-state index contributed by atoms with van der Waals surface area (Å²) in [6.45, 7) is 0.686. The van der Waals surface area contributed by atoms with Crippen LogP contribution in [0.15, 0.2) is 24.3 Å². The Balaban J connectivity index is 1.94. The molecule has 0 aliphatic heterocycles. The van der Waals surface area contributed by atoms with Gasteiger partial charge in [-0.15, -0.1) is 21.8 Å². The Bertz CT molecular complexity index is 452. The molecule has 16 heavy (non-hydrogen) atoms. The number of hydrogen-bond acceptors (Lipinski definition) is 3. The summed E-state index contributed by atoms with van der Waals surface area (Å²) in [5, 5.41) is 12.5. The van der Waals surface area contributed by atoms with Gasteiger partial charge in [0.05, 0.1) is 12.4 Å². The van der Waals surface area contributed by atoms with Gasteiger partial charge in [-0.2, -0.15) is 4.80 Å². The fourth-order valence-electron chi connectivity index (χ4n) is 1.30. The SMILES string of the molecule is ClCc1nnn(CCc2ccc(Cl)cc2)n1. The van der Waals surface area contributed by atoms with Crippen molar-refractivity contribution in [3.05, 3.63) is 40.7 Å². The average Bonchev–Trinajstić information content (AvgIpc) is 2.76. The second-order valence-electron chi connectivity index (χ2n) is 3.31. The molecule has 0 saturated heterocycles. The lowest BCUT2D eigenvalue weighted by Gasteiger charge is -2.00. The third kappa shape index (κ3) is 2.93. The maximum Gasteiger partial charge on any atom is 0.189 e. The van der Waals surface area contributed by atoms with E-state index in [0.29, 0.717) is 18.2 Å². The molecule has 1 aromatic heterocycles. The van der Waals surface area contributed by atoms with Crippen LogP contribution >= 0.6 is 23.2 Å². The van der Waals surface area contributed by atoms with E-state index in [1.54, 1.807) is 4.80 Å². The smallest absolute Gasteiger partial charge is 0.164 e. The maximum absolute atomic E-state index is 5.80. The molecule has 0 amide bonds. The summed E-state index contributed by atoms with van der Waals surface area (Å²) in [5.41, 5.74) is 1.19. The zero-order valence-electron chi connectivity index (χ0n) is 8.48. The van der Waals surface area contributed by atoms with E-state index in [2.05, 4.69) is 15.4 Å². The molecule has 0 N–H and O–H groups in total. The van der Waals surface area contributed by atoms with E-state index in [-0.39, 0.29) is 0 Å². The van der Waals surface area contributed by atoms with Crippen LogP contribution in [0.1, 0.15) is 11.4 Å². The summed E-state index contributed by atoms with van der Waals surface area (Å²) in [4.78, 5) is 1.55. The highest BCUT2D eigenvalue weighted by molar-refractivity contribution is 6.30. The van der Waals surface area contributed by atoms with E-state index >= 15 is 0 Å². The van der Waals surface area contributed by atoms with Crippen LogP contribution in [0.4, 0.5) is 0 Å². The molecule has 0 saturated carbocycles. The number of tetrazole rings is 1. The summed E-state index contributed by atoms with van der Waals surface area (Å²) in [7, 11) is 0. The van der Waals surface area contributed by atoms with Gasteiger partial charge in [-0.05, 0) is 29.3 Å². The summed E-state index contributed by atoms with van der Waals surface area (Å²) in [5.74, 6) is 0.846. The molecule has 0 radical (unpaired) electrons. The quantitative estimate of drug-likeness (QED) is 0.789. The molecule has 0 aliphatic rings. The van der Waals surface area contributed by atoms with Crippen molar-refractivity contribution in [2.24, 2.45) is 0 Å². The summed E-state index contributed by atoms with van der Waals surface area (Å²) in [6.07, 6.45) is 0.843. The Kier molecular flexibility index (Phi) is 3.74. The van der Waals surface area contributed by atoms with Gasteiger partial charge >= 0.3 is 0 Å². The summed E-state index contributed by atoms with van der Waals surface area (Å²) < 4.78 is 0. The number of aryl methyl sites for hydroxylation is 2. The van der Waals surface area contributed by atoms with Crippen molar-refractivity contribution in [3.8, 4) is 0 Å². The molecule has 0 bridgehead atoms. The lowest BCUT2D eigenvalue weighted by molar-refractivity contribution is 0.521.